The van der Waals surface area contributed by atoms with Gasteiger partial charge in [-0.15, -0.1) is 6.42 Å². The van der Waals surface area contributed by atoms with Crippen molar-refractivity contribution in [2.24, 2.45) is 5.92 Å². The zero-order chi connectivity index (χ0) is 23.3. The first-order chi connectivity index (χ1) is 15.3. The maximum atomic E-state index is 13.0. The van der Waals surface area contributed by atoms with Gasteiger partial charge in [0.15, 0.2) is 0 Å². The standard InChI is InChI=1S/C23H27N3O5S/c1-4-13-24(17-20-8-7-14-31-20)23(28)18-15-22(27)26(16-18)19-9-11-21(12-10-19)32(29,30)25(5-2)6-3/h1,7-12,14,18H,5-6,13,15-17H2,2-3H3. The highest BCUT2D eigenvalue weighted by Gasteiger charge is 2.37. The molecule has 1 aromatic heterocycles. The highest BCUT2D eigenvalue weighted by molar-refractivity contribution is 7.89. The number of terminal acetylenes is 1. The number of nitrogens with zero attached hydrogens (tertiary/aromatic N) is 3. The van der Waals surface area contributed by atoms with E-state index in [4.69, 9.17) is 10.8 Å². The number of benzene rings is 1. The average Bonchev–Trinajstić information content (AvgIpc) is 3.43. The molecule has 0 N–H and O–H groups in total. The molecule has 0 saturated carbocycles. The van der Waals surface area contributed by atoms with Crippen LogP contribution in [0.25, 0.3) is 0 Å². The van der Waals surface area contributed by atoms with Crippen molar-refractivity contribution >= 4 is 27.5 Å². The summed E-state index contributed by atoms with van der Waals surface area (Å²) in [5.41, 5.74) is 0.554. The summed E-state index contributed by atoms with van der Waals surface area (Å²) in [5, 5.41) is 0. The summed E-state index contributed by atoms with van der Waals surface area (Å²) < 4.78 is 32.0. The lowest BCUT2D eigenvalue weighted by Gasteiger charge is -2.23. The third-order valence-corrected chi connectivity index (χ3v) is 7.55. The summed E-state index contributed by atoms with van der Waals surface area (Å²) in [4.78, 5) is 28.9. The van der Waals surface area contributed by atoms with Crippen molar-refractivity contribution in [3.63, 3.8) is 0 Å². The summed E-state index contributed by atoms with van der Waals surface area (Å²) in [6, 6.07) is 9.68. The van der Waals surface area contributed by atoms with Crippen LogP contribution in [0.2, 0.25) is 0 Å². The number of amides is 2. The van der Waals surface area contributed by atoms with Gasteiger partial charge in [0.25, 0.3) is 0 Å². The first-order valence-electron chi connectivity index (χ1n) is 10.5. The minimum absolute atomic E-state index is 0.0670. The summed E-state index contributed by atoms with van der Waals surface area (Å²) >= 11 is 0. The van der Waals surface area contributed by atoms with Gasteiger partial charge in [-0.2, -0.15) is 4.31 Å². The van der Waals surface area contributed by atoms with E-state index in [0.29, 0.717) is 24.5 Å². The number of hydrogen-bond acceptors (Lipinski definition) is 5. The average molecular weight is 458 g/mol. The van der Waals surface area contributed by atoms with Crippen LogP contribution in [-0.4, -0.2) is 55.6 Å². The molecular formula is C23H27N3O5S. The van der Waals surface area contributed by atoms with Crippen LogP contribution in [0, 0.1) is 18.3 Å². The van der Waals surface area contributed by atoms with Gasteiger partial charge in [-0.05, 0) is 36.4 Å². The molecule has 1 aliphatic heterocycles. The Kier molecular flexibility index (Phi) is 7.38. The molecule has 9 heteroatoms. The van der Waals surface area contributed by atoms with Crippen molar-refractivity contribution in [2.75, 3.05) is 31.1 Å². The van der Waals surface area contributed by atoms with Crippen LogP contribution in [0.5, 0.6) is 0 Å². The number of carbonyl (C=O) groups excluding carboxylic acids is 2. The van der Waals surface area contributed by atoms with Crippen molar-refractivity contribution in [3.05, 3.63) is 48.4 Å². The number of sulfonamides is 1. The molecule has 2 aromatic rings. The Morgan fingerprint density at radius 2 is 1.91 bits per heavy atom. The molecular weight excluding hydrogens is 430 g/mol. The van der Waals surface area contributed by atoms with Crippen LogP contribution in [0.1, 0.15) is 26.0 Å². The minimum atomic E-state index is -3.58. The van der Waals surface area contributed by atoms with Gasteiger partial charge >= 0.3 is 0 Å². The molecule has 0 aliphatic carbocycles. The second kappa shape index (κ2) is 10.0. The highest BCUT2D eigenvalue weighted by Crippen LogP contribution is 2.28. The first kappa shape index (κ1) is 23.6. The fourth-order valence-electron chi connectivity index (χ4n) is 3.80. The van der Waals surface area contributed by atoms with E-state index in [9.17, 15) is 18.0 Å². The number of anilines is 1. The van der Waals surface area contributed by atoms with Crippen molar-refractivity contribution in [1.29, 1.82) is 0 Å². The Hall–Kier alpha value is -3.09. The molecule has 170 valence electrons. The summed E-state index contributed by atoms with van der Waals surface area (Å²) in [7, 11) is -3.58. The number of hydrogen-bond donors (Lipinski definition) is 0. The molecule has 0 radical (unpaired) electrons. The Labute approximate surface area is 188 Å². The second-order valence-electron chi connectivity index (χ2n) is 7.47. The minimum Gasteiger partial charge on any atom is -0.467 e. The normalized spacial score (nSPS) is 16.4. The smallest absolute Gasteiger partial charge is 0.243 e. The van der Waals surface area contributed by atoms with Gasteiger partial charge < -0.3 is 14.2 Å². The van der Waals surface area contributed by atoms with Gasteiger partial charge in [0.05, 0.1) is 30.2 Å². The van der Waals surface area contributed by atoms with Crippen LogP contribution in [0.3, 0.4) is 0 Å². The summed E-state index contributed by atoms with van der Waals surface area (Å²) in [6.45, 7) is 4.87. The maximum absolute atomic E-state index is 13.0. The van der Waals surface area contributed by atoms with Crippen molar-refractivity contribution in [3.8, 4) is 12.3 Å². The predicted molar refractivity (Wildman–Crippen MR) is 120 cm³/mol. The third kappa shape index (κ3) is 4.87. The molecule has 1 aromatic carbocycles. The Balaban J connectivity index is 1.73. The molecule has 2 heterocycles. The molecule has 32 heavy (non-hydrogen) atoms. The van der Waals surface area contributed by atoms with E-state index in [1.54, 1.807) is 38.1 Å². The first-order valence-corrected chi connectivity index (χ1v) is 11.9. The lowest BCUT2D eigenvalue weighted by atomic mass is 10.1. The molecule has 1 unspecified atom stereocenters. The van der Waals surface area contributed by atoms with Crippen LogP contribution in [0.15, 0.2) is 52.0 Å². The monoisotopic (exact) mass is 457 g/mol. The molecule has 1 fully saturated rings. The van der Waals surface area contributed by atoms with Gasteiger partial charge in [0.2, 0.25) is 21.8 Å². The zero-order valence-corrected chi connectivity index (χ0v) is 19.0. The van der Waals surface area contributed by atoms with Gasteiger partial charge in [0.1, 0.15) is 5.76 Å². The molecule has 8 nitrogen and oxygen atoms in total. The Morgan fingerprint density at radius 3 is 2.47 bits per heavy atom. The fraction of sp³-hybridized carbons (Fsp3) is 0.391. The zero-order valence-electron chi connectivity index (χ0n) is 18.2. The van der Waals surface area contributed by atoms with E-state index in [1.807, 2.05) is 0 Å². The summed E-state index contributed by atoms with van der Waals surface area (Å²) in [6.07, 6.45) is 7.02. The molecule has 3 rings (SSSR count). The molecule has 0 spiro atoms. The maximum Gasteiger partial charge on any atom is 0.243 e. The fourth-order valence-corrected chi connectivity index (χ4v) is 5.26. The summed E-state index contributed by atoms with van der Waals surface area (Å²) in [5.74, 6) is 2.15. The van der Waals surface area contributed by atoms with Crippen LogP contribution in [-0.2, 0) is 26.2 Å². The Morgan fingerprint density at radius 1 is 1.22 bits per heavy atom. The van der Waals surface area contributed by atoms with E-state index >= 15 is 0 Å². The molecule has 1 saturated heterocycles. The van der Waals surface area contributed by atoms with Gasteiger partial charge in [-0.3, -0.25) is 9.59 Å². The topological polar surface area (TPSA) is 91.1 Å². The number of carbonyl (C=O) groups is 2. The third-order valence-electron chi connectivity index (χ3n) is 5.49. The van der Waals surface area contributed by atoms with E-state index in [2.05, 4.69) is 5.92 Å². The van der Waals surface area contributed by atoms with Gasteiger partial charge in [-0.1, -0.05) is 19.8 Å². The Bertz CT molecular complexity index is 1080. The lowest BCUT2D eigenvalue weighted by molar-refractivity contribution is -0.136. The quantitative estimate of drug-likeness (QED) is 0.539. The van der Waals surface area contributed by atoms with E-state index < -0.39 is 15.9 Å². The van der Waals surface area contributed by atoms with Crippen molar-refractivity contribution < 1.29 is 22.4 Å². The molecule has 0 bridgehead atoms. The van der Waals surface area contributed by atoms with Crippen molar-refractivity contribution in [1.82, 2.24) is 9.21 Å². The van der Waals surface area contributed by atoms with E-state index in [-0.39, 0.29) is 42.8 Å². The molecule has 1 atom stereocenters. The highest BCUT2D eigenvalue weighted by atomic mass is 32.2. The van der Waals surface area contributed by atoms with Crippen molar-refractivity contribution in [2.45, 2.75) is 31.7 Å². The van der Waals surface area contributed by atoms with Gasteiger partial charge in [-0.25, -0.2) is 8.42 Å². The SMILES string of the molecule is C#CCN(Cc1ccco1)C(=O)C1CC(=O)N(c2ccc(S(=O)(=O)N(CC)CC)cc2)C1. The molecule has 1 aliphatic rings. The largest absolute Gasteiger partial charge is 0.467 e. The predicted octanol–water partition coefficient (Wildman–Crippen LogP) is 2.33. The van der Waals surface area contributed by atoms with E-state index in [1.165, 1.54) is 32.5 Å². The van der Waals surface area contributed by atoms with Gasteiger partial charge in [0, 0.05) is 31.7 Å². The lowest BCUT2D eigenvalue weighted by Crippen LogP contribution is -2.37. The van der Waals surface area contributed by atoms with Crippen LogP contribution in [0.4, 0.5) is 5.69 Å². The second-order valence-corrected chi connectivity index (χ2v) is 9.40. The van der Waals surface area contributed by atoms with E-state index in [0.717, 1.165) is 0 Å². The number of rotatable bonds is 9. The van der Waals surface area contributed by atoms with Crippen LogP contribution < -0.4 is 4.90 Å². The molecule has 2 amide bonds. The van der Waals surface area contributed by atoms with Crippen LogP contribution >= 0.6 is 0 Å². The number of furan rings is 1.